The molecule has 1 amide bonds. The van der Waals surface area contributed by atoms with Crippen LogP contribution >= 0.6 is 0 Å². The number of likely N-dealkylation sites (tertiary alicyclic amines) is 1. The molecular weight excluding hydrogens is 412 g/mol. The first-order valence-corrected chi connectivity index (χ1v) is 11.1. The molecule has 10 nitrogen and oxygen atoms in total. The Bertz CT molecular complexity index is 987. The Morgan fingerprint density at radius 1 is 1.09 bits per heavy atom. The molecule has 4 rings (SSSR count). The minimum atomic E-state index is -0.446. The highest BCUT2D eigenvalue weighted by molar-refractivity contribution is 5.83. The number of rotatable bonds is 7. The largest absolute Gasteiger partial charge is 0.486 e. The van der Waals surface area contributed by atoms with Gasteiger partial charge in [0.15, 0.2) is 0 Å². The predicted molar refractivity (Wildman–Crippen MR) is 118 cm³/mol. The zero-order valence-corrected chi connectivity index (χ0v) is 18.8. The quantitative estimate of drug-likeness (QED) is 0.681. The average molecular weight is 443 g/mol. The van der Waals surface area contributed by atoms with Crippen LogP contribution in [0.3, 0.4) is 0 Å². The topological polar surface area (TPSA) is 114 Å². The molecule has 0 bridgehead atoms. The van der Waals surface area contributed by atoms with E-state index < -0.39 is 6.10 Å². The molecule has 0 aliphatic carbocycles. The molecule has 2 aliphatic heterocycles. The number of amides is 1. The van der Waals surface area contributed by atoms with Gasteiger partial charge in [-0.05, 0) is 39.2 Å². The molecule has 172 valence electrons. The molecule has 0 unspecified atom stereocenters. The molecule has 2 saturated heterocycles. The van der Waals surface area contributed by atoms with E-state index in [9.17, 15) is 9.59 Å². The number of carbonyl (C=O) groups excluding carboxylic acids is 1. The summed E-state index contributed by atoms with van der Waals surface area (Å²) < 4.78 is 11.7. The van der Waals surface area contributed by atoms with Gasteiger partial charge in [0.25, 0.3) is 11.5 Å². The molecule has 0 spiro atoms. The van der Waals surface area contributed by atoms with E-state index in [0.717, 1.165) is 37.4 Å². The number of hydrogen-bond acceptors (Lipinski definition) is 8. The lowest BCUT2D eigenvalue weighted by Crippen LogP contribution is -2.47. The number of piperidine rings is 1. The predicted octanol–water partition coefficient (Wildman–Crippen LogP) is 1.23. The first kappa shape index (κ1) is 22.2. The van der Waals surface area contributed by atoms with Gasteiger partial charge >= 0.3 is 0 Å². The molecule has 2 aliphatic rings. The summed E-state index contributed by atoms with van der Waals surface area (Å²) in [4.78, 5) is 37.5. The van der Waals surface area contributed by atoms with Gasteiger partial charge in [-0.2, -0.15) is 5.10 Å². The average Bonchev–Trinajstić information content (AvgIpc) is 3.16. The van der Waals surface area contributed by atoms with Gasteiger partial charge in [0.2, 0.25) is 5.95 Å². The van der Waals surface area contributed by atoms with Crippen LogP contribution in [0.5, 0.6) is 5.75 Å². The number of H-pyrrole nitrogens is 1. The van der Waals surface area contributed by atoms with Gasteiger partial charge in [-0.25, -0.2) is 15.1 Å². The van der Waals surface area contributed by atoms with Crippen LogP contribution in [0.25, 0.3) is 0 Å². The molecule has 32 heavy (non-hydrogen) atoms. The van der Waals surface area contributed by atoms with Crippen LogP contribution in [0.4, 0.5) is 5.95 Å². The standard InChI is InChI=1S/C22H30N6O4/c1-14-10-23-22(24-11-14)27-7-4-17(5-8-27)28-9-6-18(21(28)30)31-13-15(2)32-19-12-25-26-20(29)16(19)3/h10-12,15,17-18H,4-9,13H2,1-3H3,(H,26,29)/t15-,18+/m0/s1. The molecule has 2 aromatic rings. The Morgan fingerprint density at radius 3 is 2.53 bits per heavy atom. The van der Waals surface area contributed by atoms with Crippen molar-refractivity contribution in [3.63, 3.8) is 0 Å². The molecule has 2 atom stereocenters. The summed E-state index contributed by atoms with van der Waals surface area (Å²) in [5.74, 6) is 1.23. The monoisotopic (exact) mass is 442 g/mol. The van der Waals surface area contributed by atoms with E-state index in [1.54, 1.807) is 6.92 Å². The van der Waals surface area contributed by atoms with Gasteiger partial charge in [0, 0.05) is 44.5 Å². The smallest absolute Gasteiger partial charge is 0.270 e. The number of aryl methyl sites for hydroxylation is 1. The summed E-state index contributed by atoms with van der Waals surface area (Å²) >= 11 is 0. The number of aromatic nitrogens is 4. The SMILES string of the molecule is Cc1cnc(N2CCC(N3CC[C@@H](OC[C@H](C)Oc4cn[nH]c(=O)c4C)C3=O)CC2)nc1. The maximum absolute atomic E-state index is 12.9. The van der Waals surface area contributed by atoms with Gasteiger partial charge in [-0.1, -0.05) is 0 Å². The highest BCUT2D eigenvalue weighted by atomic mass is 16.5. The minimum Gasteiger partial charge on any atom is -0.486 e. The van der Waals surface area contributed by atoms with E-state index in [0.29, 0.717) is 24.3 Å². The Labute approximate surface area is 187 Å². The molecule has 2 aromatic heterocycles. The second-order valence-electron chi connectivity index (χ2n) is 8.54. The van der Waals surface area contributed by atoms with Gasteiger partial charge < -0.3 is 19.3 Å². The van der Waals surface area contributed by atoms with Crippen molar-refractivity contribution in [1.82, 2.24) is 25.1 Å². The zero-order valence-electron chi connectivity index (χ0n) is 18.8. The summed E-state index contributed by atoms with van der Waals surface area (Å²) in [6.07, 6.45) is 6.85. The van der Waals surface area contributed by atoms with Crippen LogP contribution in [0.2, 0.25) is 0 Å². The summed E-state index contributed by atoms with van der Waals surface area (Å²) in [6.45, 7) is 8.14. The fraction of sp³-hybridized carbons (Fsp3) is 0.591. The third-order valence-electron chi connectivity index (χ3n) is 6.06. The highest BCUT2D eigenvalue weighted by Gasteiger charge is 2.38. The van der Waals surface area contributed by atoms with Gasteiger partial charge in [0.05, 0.1) is 18.4 Å². The van der Waals surface area contributed by atoms with Crippen LogP contribution in [-0.4, -0.2) is 75.5 Å². The lowest BCUT2D eigenvalue weighted by molar-refractivity contribution is -0.140. The van der Waals surface area contributed by atoms with Crippen molar-refractivity contribution in [3.8, 4) is 5.75 Å². The van der Waals surface area contributed by atoms with E-state index in [2.05, 4.69) is 25.1 Å². The molecule has 0 saturated carbocycles. The molecular formula is C22H30N6O4. The molecule has 1 N–H and O–H groups in total. The van der Waals surface area contributed by atoms with Crippen molar-refractivity contribution in [2.24, 2.45) is 0 Å². The van der Waals surface area contributed by atoms with Crippen LogP contribution < -0.4 is 15.2 Å². The maximum Gasteiger partial charge on any atom is 0.270 e. The van der Waals surface area contributed by atoms with Crippen LogP contribution in [0, 0.1) is 13.8 Å². The van der Waals surface area contributed by atoms with Gasteiger partial charge in [-0.3, -0.25) is 9.59 Å². The van der Waals surface area contributed by atoms with Gasteiger partial charge in [0.1, 0.15) is 18.0 Å². The van der Waals surface area contributed by atoms with E-state index >= 15 is 0 Å². The zero-order chi connectivity index (χ0) is 22.7. The second-order valence-corrected chi connectivity index (χ2v) is 8.54. The van der Waals surface area contributed by atoms with E-state index in [4.69, 9.17) is 9.47 Å². The first-order valence-electron chi connectivity index (χ1n) is 11.1. The summed E-state index contributed by atoms with van der Waals surface area (Å²) in [5, 5.41) is 6.13. The second kappa shape index (κ2) is 9.64. The highest BCUT2D eigenvalue weighted by Crippen LogP contribution is 2.25. The number of aromatic amines is 1. The molecule has 4 heterocycles. The number of nitrogens with zero attached hydrogens (tertiary/aromatic N) is 5. The van der Waals surface area contributed by atoms with Crippen molar-refractivity contribution in [2.45, 2.75) is 58.3 Å². The lowest BCUT2D eigenvalue weighted by atomic mass is 10.0. The van der Waals surface area contributed by atoms with Crippen molar-refractivity contribution in [1.29, 1.82) is 0 Å². The van der Waals surface area contributed by atoms with Crippen molar-refractivity contribution < 1.29 is 14.3 Å². The van der Waals surface area contributed by atoms with Crippen molar-refractivity contribution in [2.75, 3.05) is 31.1 Å². The normalized spacial score (nSPS) is 20.6. The molecule has 0 aromatic carbocycles. The summed E-state index contributed by atoms with van der Waals surface area (Å²) in [7, 11) is 0. The maximum atomic E-state index is 12.9. The van der Waals surface area contributed by atoms with Crippen LogP contribution in [0.1, 0.15) is 37.3 Å². The fourth-order valence-electron chi connectivity index (χ4n) is 4.18. The third-order valence-corrected chi connectivity index (χ3v) is 6.06. The van der Waals surface area contributed by atoms with Gasteiger partial charge in [-0.15, -0.1) is 0 Å². The molecule has 0 radical (unpaired) electrons. The number of ether oxygens (including phenoxy) is 2. The Morgan fingerprint density at radius 2 is 1.81 bits per heavy atom. The Balaban J connectivity index is 1.25. The van der Waals surface area contributed by atoms with E-state index in [1.165, 1.54) is 6.20 Å². The first-order chi connectivity index (χ1) is 15.4. The van der Waals surface area contributed by atoms with Crippen molar-refractivity contribution >= 4 is 11.9 Å². The summed E-state index contributed by atoms with van der Waals surface area (Å²) in [6, 6.07) is 0.219. The Hall–Kier alpha value is -3.01. The number of nitrogens with one attached hydrogen (secondary N) is 1. The van der Waals surface area contributed by atoms with E-state index in [-0.39, 0.29) is 30.2 Å². The minimum absolute atomic E-state index is 0.0521. The summed E-state index contributed by atoms with van der Waals surface area (Å²) in [5.41, 5.74) is 1.23. The number of anilines is 1. The van der Waals surface area contributed by atoms with Crippen LogP contribution in [-0.2, 0) is 9.53 Å². The van der Waals surface area contributed by atoms with Crippen molar-refractivity contribution in [3.05, 3.63) is 40.1 Å². The van der Waals surface area contributed by atoms with E-state index in [1.807, 2.05) is 31.1 Å². The lowest BCUT2D eigenvalue weighted by Gasteiger charge is -2.36. The molecule has 10 heteroatoms. The fourth-order valence-corrected chi connectivity index (χ4v) is 4.18. The Kier molecular flexibility index (Phi) is 6.69. The number of hydrogen-bond donors (Lipinski definition) is 1. The number of carbonyl (C=O) groups is 1. The molecule has 2 fully saturated rings. The third kappa shape index (κ3) is 4.90. The van der Waals surface area contributed by atoms with Crippen LogP contribution in [0.15, 0.2) is 23.4 Å².